The Morgan fingerprint density at radius 3 is 1.57 bits per heavy atom. The van der Waals surface area contributed by atoms with E-state index in [-0.39, 0.29) is 0 Å². The molecule has 0 fully saturated rings. The van der Waals surface area contributed by atoms with Crippen molar-refractivity contribution in [3.63, 3.8) is 0 Å². The van der Waals surface area contributed by atoms with Crippen LogP contribution in [0.2, 0.25) is 0 Å². The van der Waals surface area contributed by atoms with Crippen molar-refractivity contribution >= 4 is 36.2 Å². The zero-order valence-electron chi connectivity index (χ0n) is 15.2. The van der Waals surface area contributed by atoms with Crippen molar-refractivity contribution in [3.8, 4) is 0 Å². The van der Waals surface area contributed by atoms with Gasteiger partial charge in [-0.25, -0.2) is 9.97 Å². The average molecular weight is 368 g/mol. The fourth-order valence-corrected chi connectivity index (χ4v) is 2.21. The van der Waals surface area contributed by atoms with Gasteiger partial charge in [-0.1, -0.05) is 72.8 Å². The van der Waals surface area contributed by atoms with Crippen LogP contribution in [0.4, 0.5) is 11.6 Å². The van der Waals surface area contributed by atoms with Gasteiger partial charge in [0.25, 0.3) is 0 Å². The van der Waals surface area contributed by atoms with Gasteiger partial charge in [0.1, 0.15) is 6.33 Å². The lowest BCUT2D eigenvalue weighted by atomic mass is 10.2. The summed E-state index contributed by atoms with van der Waals surface area (Å²) in [6.07, 6.45) is 12.4. The second-order valence-corrected chi connectivity index (χ2v) is 5.61. The number of aromatic nitrogens is 2. The van der Waals surface area contributed by atoms with Crippen molar-refractivity contribution in [2.24, 2.45) is 10.2 Å². The summed E-state index contributed by atoms with van der Waals surface area (Å²) in [7, 11) is 0. The molecule has 1 aromatic heterocycles. The molecule has 0 unspecified atom stereocenters. The van der Waals surface area contributed by atoms with Gasteiger partial charge >= 0.3 is 0 Å². The smallest absolute Gasteiger partial charge is 0.151 e. The summed E-state index contributed by atoms with van der Waals surface area (Å²) in [5, 5.41) is 8.22. The minimum atomic E-state index is 0.567. The molecule has 0 aliphatic carbocycles. The number of hydrogen-bond donors (Lipinski definition) is 2. The maximum atomic E-state index is 4.11. The van der Waals surface area contributed by atoms with Crippen LogP contribution in [-0.4, -0.2) is 22.4 Å². The van der Waals surface area contributed by atoms with Gasteiger partial charge in [0, 0.05) is 18.5 Å². The molecular weight excluding hydrogens is 348 g/mol. The molecule has 1 heterocycles. The van der Waals surface area contributed by atoms with Crippen LogP contribution in [0.3, 0.4) is 0 Å². The van der Waals surface area contributed by atoms with Crippen LogP contribution < -0.4 is 10.9 Å². The number of hydrogen-bond acceptors (Lipinski definition) is 6. The average Bonchev–Trinajstić information content (AvgIpc) is 2.75. The summed E-state index contributed by atoms with van der Waals surface area (Å²) in [5.74, 6) is 1.13. The second kappa shape index (κ2) is 10.8. The largest absolute Gasteiger partial charge is 0.261 e. The van der Waals surface area contributed by atoms with E-state index in [1.165, 1.54) is 6.33 Å². The molecule has 2 N–H and O–H groups in total. The molecule has 3 aromatic rings. The summed E-state index contributed by atoms with van der Waals surface area (Å²) < 4.78 is 0. The highest BCUT2D eigenvalue weighted by molar-refractivity contribution is 5.79. The monoisotopic (exact) mass is 368 g/mol. The van der Waals surface area contributed by atoms with E-state index in [4.69, 9.17) is 0 Å². The minimum absolute atomic E-state index is 0.567. The molecule has 0 atom stereocenters. The topological polar surface area (TPSA) is 74.6 Å². The predicted molar refractivity (Wildman–Crippen MR) is 117 cm³/mol. The van der Waals surface area contributed by atoms with Crippen LogP contribution in [0.25, 0.3) is 12.2 Å². The molecular formula is C22H20N6. The number of allylic oxidation sites excluding steroid dienone is 2. The van der Waals surface area contributed by atoms with Crippen molar-refractivity contribution < 1.29 is 0 Å². The van der Waals surface area contributed by atoms with Gasteiger partial charge in [-0.2, -0.15) is 10.2 Å². The van der Waals surface area contributed by atoms with Crippen LogP contribution in [0, 0.1) is 0 Å². The lowest BCUT2D eigenvalue weighted by Crippen LogP contribution is -1.97. The Bertz CT molecular complexity index is 886. The van der Waals surface area contributed by atoms with E-state index in [9.17, 15) is 0 Å². The maximum Gasteiger partial charge on any atom is 0.151 e. The van der Waals surface area contributed by atoms with Gasteiger partial charge in [-0.05, 0) is 23.3 Å². The zero-order chi connectivity index (χ0) is 19.3. The van der Waals surface area contributed by atoms with E-state index in [0.29, 0.717) is 11.6 Å². The SMILES string of the molecule is C(=C\c1ccccc1)/C=N/Nc1cc(N/N=C/C=C/c2ccccc2)ncn1. The first-order valence-corrected chi connectivity index (χ1v) is 8.74. The molecule has 6 heteroatoms. The molecule has 0 saturated carbocycles. The van der Waals surface area contributed by atoms with E-state index in [1.54, 1.807) is 18.5 Å². The highest BCUT2D eigenvalue weighted by Crippen LogP contribution is 2.08. The number of nitrogens with one attached hydrogen (secondary N) is 2. The third-order valence-corrected chi connectivity index (χ3v) is 3.52. The fraction of sp³-hybridized carbons (Fsp3) is 0. The van der Waals surface area contributed by atoms with Gasteiger partial charge in [0.15, 0.2) is 11.6 Å². The third kappa shape index (κ3) is 6.68. The standard InChI is InChI=1S/C22H20N6/c1-3-9-19(10-4-1)13-7-15-25-27-21-17-22(24-18-23-21)28-26-16-8-14-20-11-5-2-6-12-20/h1-18H,(H2,23,24,27,28)/b13-7+,14-8+,25-15+,26-16+. The fourth-order valence-electron chi connectivity index (χ4n) is 2.21. The summed E-state index contributed by atoms with van der Waals surface area (Å²) in [5.41, 5.74) is 7.94. The van der Waals surface area contributed by atoms with Crippen molar-refractivity contribution in [3.05, 3.63) is 96.3 Å². The van der Waals surface area contributed by atoms with E-state index >= 15 is 0 Å². The third-order valence-electron chi connectivity index (χ3n) is 3.52. The predicted octanol–water partition coefficient (Wildman–Crippen LogP) is 4.70. The van der Waals surface area contributed by atoms with Crippen LogP contribution in [0.15, 0.2) is 95.4 Å². The van der Waals surface area contributed by atoms with E-state index in [2.05, 4.69) is 31.0 Å². The first-order valence-electron chi connectivity index (χ1n) is 8.74. The molecule has 0 spiro atoms. The first-order chi connectivity index (χ1) is 13.9. The normalized spacial score (nSPS) is 11.7. The highest BCUT2D eigenvalue weighted by atomic mass is 15.3. The molecule has 0 radical (unpaired) electrons. The quantitative estimate of drug-likeness (QED) is 0.446. The molecule has 0 saturated heterocycles. The lowest BCUT2D eigenvalue weighted by Gasteiger charge is -2.01. The Morgan fingerprint density at radius 1 is 0.643 bits per heavy atom. The number of anilines is 2. The second-order valence-electron chi connectivity index (χ2n) is 5.61. The lowest BCUT2D eigenvalue weighted by molar-refractivity contribution is 1.12. The Kier molecular flexibility index (Phi) is 7.24. The molecule has 0 aliphatic heterocycles. The summed E-state index contributed by atoms with van der Waals surface area (Å²) in [6.45, 7) is 0. The van der Waals surface area contributed by atoms with E-state index < -0.39 is 0 Å². The summed E-state index contributed by atoms with van der Waals surface area (Å²) >= 11 is 0. The van der Waals surface area contributed by atoms with Crippen LogP contribution in [-0.2, 0) is 0 Å². The highest BCUT2D eigenvalue weighted by Gasteiger charge is 1.95. The Labute approximate surface area is 164 Å². The van der Waals surface area contributed by atoms with Gasteiger partial charge < -0.3 is 0 Å². The minimum Gasteiger partial charge on any atom is -0.261 e. The van der Waals surface area contributed by atoms with Crippen molar-refractivity contribution in [1.29, 1.82) is 0 Å². The number of hydrazone groups is 2. The summed E-state index contributed by atoms with van der Waals surface area (Å²) in [6, 6.07) is 21.7. The molecule has 6 nitrogen and oxygen atoms in total. The Morgan fingerprint density at radius 2 is 1.11 bits per heavy atom. The van der Waals surface area contributed by atoms with Crippen LogP contribution in [0.5, 0.6) is 0 Å². The van der Waals surface area contributed by atoms with Crippen molar-refractivity contribution in [1.82, 2.24) is 9.97 Å². The van der Waals surface area contributed by atoms with E-state index in [1.807, 2.05) is 85.0 Å². The molecule has 28 heavy (non-hydrogen) atoms. The molecule has 138 valence electrons. The molecule has 0 amide bonds. The Hall–Kier alpha value is -4.06. The van der Waals surface area contributed by atoms with Crippen LogP contribution in [0.1, 0.15) is 11.1 Å². The van der Waals surface area contributed by atoms with Crippen LogP contribution >= 0.6 is 0 Å². The van der Waals surface area contributed by atoms with Gasteiger partial charge in [-0.15, -0.1) is 0 Å². The van der Waals surface area contributed by atoms with Crippen molar-refractivity contribution in [2.45, 2.75) is 0 Å². The van der Waals surface area contributed by atoms with Gasteiger partial charge in [0.2, 0.25) is 0 Å². The number of benzene rings is 2. The molecule has 0 bridgehead atoms. The molecule has 0 aliphatic rings. The molecule has 2 aromatic carbocycles. The number of rotatable bonds is 8. The summed E-state index contributed by atoms with van der Waals surface area (Å²) in [4.78, 5) is 8.23. The van der Waals surface area contributed by atoms with Gasteiger partial charge in [0.05, 0.1) is 0 Å². The van der Waals surface area contributed by atoms with E-state index in [0.717, 1.165) is 11.1 Å². The Balaban J connectivity index is 1.47. The van der Waals surface area contributed by atoms with Crippen molar-refractivity contribution in [2.75, 3.05) is 10.9 Å². The first kappa shape index (κ1) is 18.7. The molecule has 3 rings (SSSR count). The van der Waals surface area contributed by atoms with Gasteiger partial charge in [-0.3, -0.25) is 10.9 Å². The zero-order valence-corrected chi connectivity index (χ0v) is 15.2. The number of nitrogens with zero attached hydrogens (tertiary/aromatic N) is 4. The maximum absolute atomic E-state index is 4.11.